The standard InChI is InChI=1S/C19H26F3NO/c1-5-7-15(6-2)23-17-8-12(3)16(11-18(17)24-4)13-9-14(10-13)19(20,21)22/h7-8,11,13-14,23H,5-6,9-10H2,1-4H3/b15-7+. The zero-order valence-corrected chi connectivity index (χ0v) is 14.8. The molecule has 0 spiro atoms. The highest BCUT2D eigenvalue weighted by Crippen LogP contribution is 2.51. The Morgan fingerprint density at radius 3 is 2.46 bits per heavy atom. The minimum Gasteiger partial charge on any atom is -0.495 e. The molecule has 0 amide bonds. The van der Waals surface area contributed by atoms with E-state index in [0.29, 0.717) is 5.75 Å². The Kier molecular flexibility index (Phi) is 5.83. The van der Waals surface area contributed by atoms with Crippen LogP contribution in [0.25, 0.3) is 0 Å². The normalized spacial score (nSPS) is 21.4. The quantitative estimate of drug-likeness (QED) is 0.667. The maximum atomic E-state index is 12.7. The number of ether oxygens (including phenoxy) is 1. The van der Waals surface area contributed by atoms with Crippen LogP contribution in [-0.2, 0) is 0 Å². The van der Waals surface area contributed by atoms with Gasteiger partial charge in [-0.1, -0.05) is 19.9 Å². The van der Waals surface area contributed by atoms with Gasteiger partial charge >= 0.3 is 6.18 Å². The number of aryl methyl sites for hydroxylation is 1. The Morgan fingerprint density at radius 2 is 1.96 bits per heavy atom. The van der Waals surface area contributed by atoms with Gasteiger partial charge in [0.15, 0.2) is 0 Å². The third-order valence-corrected chi connectivity index (χ3v) is 4.76. The maximum Gasteiger partial charge on any atom is 0.391 e. The Morgan fingerprint density at radius 1 is 1.29 bits per heavy atom. The van der Waals surface area contributed by atoms with Crippen molar-refractivity contribution in [2.45, 2.75) is 58.5 Å². The number of benzene rings is 1. The lowest BCUT2D eigenvalue weighted by atomic mass is 9.70. The van der Waals surface area contributed by atoms with Gasteiger partial charge in [0.05, 0.1) is 18.7 Å². The van der Waals surface area contributed by atoms with Crippen LogP contribution in [0.2, 0.25) is 0 Å². The third-order valence-electron chi connectivity index (χ3n) is 4.76. The molecular weight excluding hydrogens is 315 g/mol. The average Bonchev–Trinajstić information content (AvgIpc) is 2.45. The van der Waals surface area contributed by atoms with Crippen molar-refractivity contribution in [3.63, 3.8) is 0 Å². The van der Waals surface area contributed by atoms with E-state index in [1.807, 2.05) is 19.1 Å². The Bertz CT molecular complexity index is 601. The van der Waals surface area contributed by atoms with Gasteiger partial charge in [-0.25, -0.2) is 0 Å². The van der Waals surface area contributed by atoms with Gasteiger partial charge in [-0.05, 0) is 61.8 Å². The molecule has 0 heterocycles. The molecule has 134 valence electrons. The van der Waals surface area contributed by atoms with Gasteiger partial charge in [0.1, 0.15) is 5.75 Å². The number of rotatable bonds is 6. The van der Waals surface area contributed by atoms with Gasteiger partial charge in [0, 0.05) is 5.70 Å². The van der Waals surface area contributed by atoms with Crippen molar-refractivity contribution in [3.8, 4) is 5.75 Å². The minimum absolute atomic E-state index is 0.0311. The van der Waals surface area contributed by atoms with Crippen LogP contribution in [0.1, 0.15) is 56.6 Å². The van der Waals surface area contributed by atoms with Crippen molar-refractivity contribution < 1.29 is 17.9 Å². The Balaban J connectivity index is 2.21. The van der Waals surface area contributed by atoms with Gasteiger partial charge in [-0.15, -0.1) is 0 Å². The summed E-state index contributed by atoms with van der Waals surface area (Å²) in [5, 5.41) is 3.38. The fraction of sp³-hybridized carbons (Fsp3) is 0.579. The van der Waals surface area contributed by atoms with Crippen LogP contribution in [0.5, 0.6) is 5.75 Å². The van der Waals surface area contributed by atoms with Crippen LogP contribution in [-0.4, -0.2) is 13.3 Å². The number of methoxy groups -OCH3 is 1. The number of anilines is 1. The maximum absolute atomic E-state index is 12.7. The minimum atomic E-state index is -4.07. The first-order valence-electron chi connectivity index (χ1n) is 8.51. The lowest BCUT2D eigenvalue weighted by Crippen LogP contribution is -2.34. The summed E-state index contributed by atoms with van der Waals surface area (Å²) in [5.41, 5.74) is 3.96. The highest BCUT2D eigenvalue weighted by Gasteiger charge is 2.48. The van der Waals surface area contributed by atoms with E-state index in [9.17, 15) is 13.2 Å². The molecule has 1 saturated carbocycles. The number of allylic oxidation sites excluding steroid dienone is 2. The number of halogens is 3. The smallest absolute Gasteiger partial charge is 0.391 e. The molecule has 0 unspecified atom stereocenters. The highest BCUT2D eigenvalue weighted by molar-refractivity contribution is 5.63. The summed E-state index contributed by atoms with van der Waals surface area (Å²) in [6, 6.07) is 3.88. The summed E-state index contributed by atoms with van der Waals surface area (Å²) in [6.07, 6.45) is 0.232. The predicted octanol–water partition coefficient (Wildman–Crippen LogP) is 6.18. The van der Waals surface area contributed by atoms with Gasteiger partial charge in [-0.3, -0.25) is 0 Å². The van der Waals surface area contributed by atoms with E-state index >= 15 is 0 Å². The van der Waals surface area contributed by atoms with Gasteiger partial charge in [-0.2, -0.15) is 13.2 Å². The SMILES string of the molecule is CC/C=C(\CC)Nc1cc(C)c(C2CC(C(F)(F)F)C2)cc1OC. The second kappa shape index (κ2) is 7.49. The fourth-order valence-electron chi connectivity index (χ4n) is 3.25. The fourth-order valence-corrected chi connectivity index (χ4v) is 3.25. The molecule has 2 rings (SSSR count). The van der Waals surface area contributed by atoms with E-state index in [2.05, 4.69) is 25.2 Å². The molecule has 0 bridgehead atoms. The van der Waals surface area contributed by atoms with Crippen LogP contribution in [0.3, 0.4) is 0 Å². The number of hydrogen-bond donors (Lipinski definition) is 1. The molecule has 0 radical (unpaired) electrons. The van der Waals surface area contributed by atoms with E-state index in [0.717, 1.165) is 35.4 Å². The molecule has 5 heteroatoms. The topological polar surface area (TPSA) is 21.3 Å². The van der Waals surface area contributed by atoms with E-state index < -0.39 is 12.1 Å². The molecule has 1 N–H and O–H groups in total. The molecular formula is C19H26F3NO. The monoisotopic (exact) mass is 341 g/mol. The molecule has 1 aromatic carbocycles. The summed E-state index contributed by atoms with van der Waals surface area (Å²) < 4.78 is 43.6. The zero-order chi connectivity index (χ0) is 17.9. The lowest BCUT2D eigenvalue weighted by Gasteiger charge is -2.37. The second-order valence-electron chi connectivity index (χ2n) is 6.43. The number of nitrogens with one attached hydrogen (secondary N) is 1. The van der Waals surface area contributed by atoms with E-state index in [-0.39, 0.29) is 18.8 Å². The average molecular weight is 341 g/mol. The molecule has 0 aromatic heterocycles. The predicted molar refractivity (Wildman–Crippen MR) is 91.5 cm³/mol. The molecule has 0 aliphatic heterocycles. The summed E-state index contributed by atoms with van der Waals surface area (Å²) in [5.74, 6) is -0.511. The van der Waals surface area contributed by atoms with E-state index in [1.165, 1.54) is 0 Å². The molecule has 24 heavy (non-hydrogen) atoms. The number of alkyl halides is 3. The van der Waals surface area contributed by atoms with Crippen LogP contribution >= 0.6 is 0 Å². The summed E-state index contributed by atoms with van der Waals surface area (Å²) >= 11 is 0. The van der Waals surface area contributed by atoms with Crippen LogP contribution < -0.4 is 10.1 Å². The summed E-state index contributed by atoms with van der Waals surface area (Å²) in [7, 11) is 1.59. The molecule has 1 fully saturated rings. The third kappa shape index (κ3) is 4.05. The van der Waals surface area contributed by atoms with Crippen molar-refractivity contribution in [1.29, 1.82) is 0 Å². The van der Waals surface area contributed by atoms with Crippen molar-refractivity contribution in [2.24, 2.45) is 5.92 Å². The zero-order valence-electron chi connectivity index (χ0n) is 14.8. The molecule has 0 saturated heterocycles. The van der Waals surface area contributed by atoms with Crippen LogP contribution in [0.4, 0.5) is 18.9 Å². The second-order valence-corrected chi connectivity index (χ2v) is 6.43. The van der Waals surface area contributed by atoms with Crippen LogP contribution in [0, 0.1) is 12.8 Å². The van der Waals surface area contributed by atoms with Gasteiger partial charge in [0.25, 0.3) is 0 Å². The Hall–Kier alpha value is -1.65. The van der Waals surface area contributed by atoms with E-state index in [4.69, 9.17) is 4.74 Å². The van der Waals surface area contributed by atoms with Crippen molar-refractivity contribution in [2.75, 3.05) is 12.4 Å². The van der Waals surface area contributed by atoms with Crippen LogP contribution in [0.15, 0.2) is 23.9 Å². The number of hydrogen-bond acceptors (Lipinski definition) is 2. The van der Waals surface area contributed by atoms with Crippen molar-refractivity contribution in [1.82, 2.24) is 0 Å². The summed E-state index contributed by atoms with van der Waals surface area (Å²) in [4.78, 5) is 0. The molecule has 1 aliphatic rings. The molecule has 1 aromatic rings. The van der Waals surface area contributed by atoms with Crippen molar-refractivity contribution in [3.05, 3.63) is 35.0 Å². The first-order valence-corrected chi connectivity index (χ1v) is 8.51. The van der Waals surface area contributed by atoms with Gasteiger partial charge < -0.3 is 10.1 Å². The van der Waals surface area contributed by atoms with Crippen molar-refractivity contribution >= 4 is 5.69 Å². The van der Waals surface area contributed by atoms with E-state index in [1.54, 1.807) is 7.11 Å². The van der Waals surface area contributed by atoms with Gasteiger partial charge in [0.2, 0.25) is 0 Å². The summed E-state index contributed by atoms with van der Waals surface area (Å²) in [6.45, 7) is 6.11. The molecule has 1 aliphatic carbocycles. The first kappa shape index (κ1) is 18.7. The first-order chi connectivity index (χ1) is 11.3. The highest BCUT2D eigenvalue weighted by atomic mass is 19.4. The Labute approximate surface area is 142 Å². The molecule has 0 atom stereocenters. The lowest BCUT2D eigenvalue weighted by molar-refractivity contribution is -0.197. The largest absolute Gasteiger partial charge is 0.495 e. The molecule has 2 nitrogen and oxygen atoms in total.